The minimum absolute atomic E-state index is 0.00306. The number of nitrogens with zero attached hydrogens (tertiary/aromatic N) is 3. The fourth-order valence-corrected chi connectivity index (χ4v) is 3.54. The van der Waals surface area contributed by atoms with Gasteiger partial charge in [-0.25, -0.2) is 0 Å². The highest BCUT2D eigenvalue weighted by Crippen LogP contribution is 2.17. The Morgan fingerprint density at radius 1 is 0.966 bits per heavy atom. The van der Waals surface area contributed by atoms with Crippen molar-refractivity contribution in [3.63, 3.8) is 0 Å². The summed E-state index contributed by atoms with van der Waals surface area (Å²) in [7, 11) is 0. The molecule has 0 spiro atoms. The van der Waals surface area contributed by atoms with Gasteiger partial charge in [-0.1, -0.05) is 48.0 Å². The van der Waals surface area contributed by atoms with Crippen LogP contribution in [-0.4, -0.2) is 42.0 Å². The maximum atomic E-state index is 12.9. The molecule has 1 aliphatic heterocycles. The summed E-state index contributed by atoms with van der Waals surface area (Å²) in [5, 5.41) is 3.39. The molecule has 148 valence electrons. The highest BCUT2D eigenvalue weighted by Gasteiger charge is 2.23. The molecule has 3 aromatic rings. The number of rotatable bonds is 5. The number of nitrogens with one attached hydrogen (secondary N) is 1. The van der Waals surface area contributed by atoms with Crippen LogP contribution in [0.4, 0.5) is 11.4 Å². The van der Waals surface area contributed by atoms with Crippen LogP contribution >= 0.6 is 0 Å². The highest BCUT2D eigenvalue weighted by molar-refractivity contribution is 5.93. The van der Waals surface area contributed by atoms with Gasteiger partial charge < -0.3 is 15.1 Å². The van der Waals surface area contributed by atoms with Crippen molar-refractivity contribution < 1.29 is 4.79 Å². The largest absolute Gasteiger partial charge is 0.381 e. The van der Waals surface area contributed by atoms with E-state index in [0.717, 1.165) is 18.8 Å². The highest BCUT2D eigenvalue weighted by atomic mass is 16.2. The molecule has 0 bridgehead atoms. The van der Waals surface area contributed by atoms with Crippen molar-refractivity contribution in [3.8, 4) is 0 Å². The zero-order valence-electron chi connectivity index (χ0n) is 16.7. The average molecular weight is 386 g/mol. The molecule has 0 saturated carbocycles. The summed E-state index contributed by atoms with van der Waals surface area (Å²) in [6.45, 7) is 5.88. The third-order valence-electron chi connectivity index (χ3n) is 5.28. The Labute approximate surface area is 172 Å². The number of carbonyl (C=O) groups is 1. The van der Waals surface area contributed by atoms with Gasteiger partial charge in [-0.15, -0.1) is 0 Å². The Morgan fingerprint density at radius 2 is 1.69 bits per heavy atom. The predicted molar refractivity (Wildman–Crippen MR) is 117 cm³/mol. The lowest BCUT2D eigenvalue weighted by atomic mass is 10.1. The van der Waals surface area contributed by atoms with Gasteiger partial charge in [0.05, 0.1) is 0 Å². The summed E-state index contributed by atoms with van der Waals surface area (Å²) in [6, 6.07) is 22.5. The Kier molecular flexibility index (Phi) is 5.75. The molecule has 1 aliphatic rings. The van der Waals surface area contributed by atoms with E-state index < -0.39 is 0 Å². The first kappa shape index (κ1) is 19.0. The fraction of sp³-hybridized carbons (Fsp3) is 0.250. The van der Waals surface area contributed by atoms with Crippen LogP contribution in [-0.2, 0) is 6.54 Å². The Balaban J connectivity index is 1.35. The number of aryl methyl sites for hydroxylation is 1. The molecule has 1 amide bonds. The summed E-state index contributed by atoms with van der Waals surface area (Å²) < 4.78 is 0. The van der Waals surface area contributed by atoms with Crippen molar-refractivity contribution in [2.75, 3.05) is 36.4 Å². The standard InChI is InChI=1S/C24H26N4O/c1-19-7-9-20(10-8-19)18-26-21-11-12-25-23(17-21)24(29)28-15-13-27(14-16-28)22-5-3-2-4-6-22/h2-12,17H,13-16,18H2,1H3,(H,25,26). The minimum Gasteiger partial charge on any atom is -0.381 e. The first-order valence-electron chi connectivity index (χ1n) is 10.0. The molecule has 1 saturated heterocycles. The summed E-state index contributed by atoms with van der Waals surface area (Å²) in [4.78, 5) is 21.4. The molecule has 0 aliphatic carbocycles. The molecule has 0 atom stereocenters. The Hall–Kier alpha value is -3.34. The van der Waals surface area contributed by atoms with Gasteiger partial charge in [-0.2, -0.15) is 0 Å². The number of hydrogen-bond acceptors (Lipinski definition) is 4. The first-order chi connectivity index (χ1) is 14.2. The van der Waals surface area contributed by atoms with Crippen molar-refractivity contribution in [1.29, 1.82) is 0 Å². The number of aromatic nitrogens is 1. The van der Waals surface area contributed by atoms with Crippen LogP contribution in [0.15, 0.2) is 72.9 Å². The molecule has 5 nitrogen and oxygen atoms in total. The average Bonchev–Trinajstić information content (AvgIpc) is 2.79. The van der Waals surface area contributed by atoms with Crippen LogP contribution in [0.2, 0.25) is 0 Å². The van der Waals surface area contributed by atoms with Gasteiger partial charge in [0, 0.05) is 50.3 Å². The SMILES string of the molecule is Cc1ccc(CNc2ccnc(C(=O)N3CCN(c4ccccc4)CC3)c2)cc1. The van der Waals surface area contributed by atoms with E-state index in [-0.39, 0.29) is 5.91 Å². The van der Waals surface area contributed by atoms with Crippen molar-refractivity contribution in [2.45, 2.75) is 13.5 Å². The van der Waals surface area contributed by atoms with E-state index >= 15 is 0 Å². The van der Waals surface area contributed by atoms with Crippen molar-refractivity contribution in [3.05, 3.63) is 89.7 Å². The number of hydrogen-bond donors (Lipinski definition) is 1. The quantitative estimate of drug-likeness (QED) is 0.721. The lowest BCUT2D eigenvalue weighted by Gasteiger charge is -2.36. The molecular formula is C24H26N4O. The summed E-state index contributed by atoms with van der Waals surface area (Å²) in [5.41, 5.74) is 5.06. The van der Waals surface area contributed by atoms with Crippen molar-refractivity contribution >= 4 is 17.3 Å². The van der Waals surface area contributed by atoms with Crippen LogP contribution in [0.3, 0.4) is 0 Å². The topological polar surface area (TPSA) is 48.5 Å². The van der Waals surface area contributed by atoms with Crippen LogP contribution < -0.4 is 10.2 Å². The van der Waals surface area contributed by atoms with Crippen molar-refractivity contribution in [1.82, 2.24) is 9.88 Å². The second-order valence-corrected chi connectivity index (χ2v) is 7.38. The van der Waals surface area contributed by atoms with Gasteiger partial charge >= 0.3 is 0 Å². The van der Waals surface area contributed by atoms with Crippen LogP contribution in [0.1, 0.15) is 21.6 Å². The summed E-state index contributed by atoms with van der Waals surface area (Å²) in [6.07, 6.45) is 1.70. The Bertz CT molecular complexity index is 948. The molecule has 4 rings (SSSR count). The third kappa shape index (κ3) is 4.74. The van der Waals surface area contributed by atoms with E-state index in [1.165, 1.54) is 16.8 Å². The van der Waals surface area contributed by atoms with Crippen LogP contribution in [0.5, 0.6) is 0 Å². The summed E-state index contributed by atoms with van der Waals surface area (Å²) >= 11 is 0. The normalized spacial score (nSPS) is 14.0. The molecule has 2 aromatic carbocycles. The van der Waals surface area contributed by atoms with Gasteiger partial charge in [0.15, 0.2) is 0 Å². The molecule has 1 fully saturated rings. The monoisotopic (exact) mass is 386 g/mol. The number of anilines is 2. The third-order valence-corrected chi connectivity index (χ3v) is 5.28. The van der Waals surface area contributed by atoms with E-state index in [1.807, 2.05) is 35.2 Å². The van der Waals surface area contributed by atoms with Gasteiger partial charge in [0.2, 0.25) is 0 Å². The number of carbonyl (C=O) groups excluding carboxylic acids is 1. The zero-order valence-corrected chi connectivity index (χ0v) is 16.7. The smallest absolute Gasteiger partial charge is 0.272 e. The maximum Gasteiger partial charge on any atom is 0.272 e. The summed E-state index contributed by atoms with van der Waals surface area (Å²) in [5.74, 6) is -0.00306. The molecule has 0 unspecified atom stereocenters. The zero-order chi connectivity index (χ0) is 20.1. The van der Waals surface area contributed by atoms with Crippen molar-refractivity contribution in [2.24, 2.45) is 0 Å². The van der Waals surface area contributed by atoms with Gasteiger partial charge in [0.25, 0.3) is 5.91 Å². The van der Waals surface area contributed by atoms with E-state index in [4.69, 9.17) is 0 Å². The van der Waals surface area contributed by atoms with Crippen LogP contribution in [0.25, 0.3) is 0 Å². The van der Waals surface area contributed by atoms with E-state index in [9.17, 15) is 4.79 Å². The number of amides is 1. The number of para-hydroxylation sites is 1. The van der Waals surface area contributed by atoms with Gasteiger partial charge in [-0.05, 0) is 36.8 Å². The molecule has 2 heterocycles. The Morgan fingerprint density at radius 3 is 2.41 bits per heavy atom. The van der Waals surface area contributed by atoms with Gasteiger partial charge in [-0.3, -0.25) is 9.78 Å². The van der Waals surface area contributed by atoms with Gasteiger partial charge in [0.1, 0.15) is 5.69 Å². The second-order valence-electron chi connectivity index (χ2n) is 7.38. The molecule has 0 radical (unpaired) electrons. The fourth-order valence-electron chi connectivity index (χ4n) is 3.54. The molecular weight excluding hydrogens is 360 g/mol. The number of benzene rings is 2. The predicted octanol–water partition coefficient (Wildman–Crippen LogP) is 3.96. The number of piperazine rings is 1. The van der Waals surface area contributed by atoms with Crippen LogP contribution in [0, 0.1) is 6.92 Å². The lowest BCUT2D eigenvalue weighted by molar-refractivity contribution is 0.0741. The van der Waals surface area contributed by atoms with E-state index in [2.05, 4.69) is 58.5 Å². The number of pyridine rings is 1. The second kappa shape index (κ2) is 8.78. The molecule has 29 heavy (non-hydrogen) atoms. The maximum absolute atomic E-state index is 12.9. The molecule has 1 aromatic heterocycles. The minimum atomic E-state index is -0.00306. The first-order valence-corrected chi connectivity index (χ1v) is 10.0. The molecule has 1 N–H and O–H groups in total. The van der Waals surface area contributed by atoms with E-state index in [1.54, 1.807) is 6.20 Å². The lowest BCUT2D eigenvalue weighted by Crippen LogP contribution is -2.49. The van der Waals surface area contributed by atoms with E-state index in [0.29, 0.717) is 25.3 Å². The molecule has 5 heteroatoms.